The zero-order valence-corrected chi connectivity index (χ0v) is 17.4. The van der Waals surface area contributed by atoms with Crippen LogP contribution in [0.3, 0.4) is 0 Å². The lowest BCUT2D eigenvalue weighted by Crippen LogP contribution is -2.41. The molecule has 4 nitrogen and oxygen atoms in total. The van der Waals surface area contributed by atoms with Crippen LogP contribution in [0.1, 0.15) is 43.4 Å². The van der Waals surface area contributed by atoms with Crippen LogP contribution < -0.4 is 10.1 Å². The van der Waals surface area contributed by atoms with Gasteiger partial charge in [0.15, 0.2) is 0 Å². The number of carbonyl (C=O) groups excluding carboxylic acids is 1. The average molecular weight is 401 g/mol. The van der Waals surface area contributed by atoms with Crippen LogP contribution in [0.25, 0.3) is 0 Å². The Labute approximate surface area is 172 Å². The van der Waals surface area contributed by atoms with Gasteiger partial charge in [0.25, 0.3) is 0 Å². The van der Waals surface area contributed by atoms with Crippen molar-refractivity contribution in [3.63, 3.8) is 0 Å². The second-order valence-electron chi connectivity index (χ2n) is 7.38. The molecule has 28 heavy (non-hydrogen) atoms. The molecule has 1 atom stereocenters. The predicted octanol–water partition coefficient (Wildman–Crippen LogP) is 4.83. The van der Waals surface area contributed by atoms with Gasteiger partial charge in [0, 0.05) is 17.5 Å². The lowest BCUT2D eigenvalue weighted by Gasteiger charge is -2.32. The van der Waals surface area contributed by atoms with Gasteiger partial charge in [-0.15, -0.1) is 0 Å². The Morgan fingerprint density at radius 1 is 1.18 bits per heavy atom. The highest BCUT2D eigenvalue weighted by Crippen LogP contribution is 2.25. The van der Waals surface area contributed by atoms with E-state index < -0.39 is 0 Å². The van der Waals surface area contributed by atoms with Gasteiger partial charge in [0.2, 0.25) is 5.91 Å². The van der Waals surface area contributed by atoms with E-state index in [-0.39, 0.29) is 17.9 Å². The summed E-state index contributed by atoms with van der Waals surface area (Å²) in [6, 6.07) is 16.0. The van der Waals surface area contributed by atoms with Gasteiger partial charge in [-0.1, -0.05) is 48.9 Å². The van der Waals surface area contributed by atoms with E-state index in [9.17, 15) is 4.79 Å². The van der Waals surface area contributed by atoms with Crippen molar-refractivity contribution < 1.29 is 9.53 Å². The fraction of sp³-hybridized carbons (Fsp3) is 0.435. The summed E-state index contributed by atoms with van der Waals surface area (Å²) in [4.78, 5) is 15.2. The first kappa shape index (κ1) is 20.7. The maximum Gasteiger partial charge on any atom is 0.223 e. The number of benzene rings is 2. The number of likely N-dealkylation sites (tertiary alicyclic amines) is 1. The minimum absolute atomic E-state index is 0.0413. The minimum Gasteiger partial charge on any atom is -0.497 e. The molecule has 1 N–H and O–H groups in total. The number of rotatable bonds is 7. The van der Waals surface area contributed by atoms with Gasteiger partial charge in [-0.2, -0.15) is 0 Å². The van der Waals surface area contributed by atoms with Crippen molar-refractivity contribution >= 4 is 17.5 Å². The number of ether oxygens (including phenoxy) is 1. The highest BCUT2D eigenvalue weighted by Gasteiger charge is 2.26. The van der Waals surface area contributed by atoms with Crippen LogP contribution >= 0.6 is 11.6 Å². The molecule has 0 radical (unpaired) electrons. The van der Waals surface area contributed by atoms with Crippen molar-refractivity contribution in [2.45, 2.75) is 38.8 Å². The van der Waals surface area contributed by atoms with Gasteiger partial charge in [-0.3, -0.25) is 9.69 Å². The second-order valence-corrected chi connectivity index (χ2v) is 7.79. The molecule has 2 aromatic carbocycles. The van der Waals surface area contributed by atoms with Crippen molar-refractivity contribution in [2.24, 2.45) is 5.92 Å². The fourth-order valence-electron chi connectivity index (χ4n) is 3.77. The van der Waals surface area contributed by atoms with E-state index in [2.05, 4.69) is 23.2 Å². The Morgan fingerprint density at radius 3 is 2.46 bits per heavy atom. The van der Waals surface area contributed by atoms with Crippen LogP contribution in [0.4, 0.5) is 0 Å². The van der Waals surface area contributed by atoms with Crippen LogP contribution in [0.2, 0.25) is 5.02 Å². The predicted molar refractivity (Wildman–Crippen MR) is 114 cm³/mol. The standard InChI is InChI=1S/C23H29ClN2O2/c1-3-22(17-8-10-20(28-2)11-9-17)25-23(27)18-12-14-26(15-13-18)16-19-6-4-5-7-21(19)24/h4-11,18,22H,3,12-16H2,1-2H3,(H,25,27)/t22-/m0/s1. The molecule has 1 amide bonds. The van der Waals surface area contributed by atoms with Gasteiger partial charge in [0.1, 0.15) is 5.75 Å². The van der Waals surface area contributed by atoms with Gasteiger partial charge < -0.3 is 10.1 Å². The van der Waals surface area contributed by atoms with E-state index in [0.717, 1.165) is 60.8 Å². The molecule has 1 aliphatic heterocycles. The van der Waals surface area contributed by atoms with Crippen LogP contribution in [-0.4, -0.2) is 31.0 Å². The van der Waals surface area contributed by atoms with Crippen LogP contribution in [0, 0.1) is 5.92 Å². The summed E-state index contributed by atoms with van der Waals surface area (Å²) < 4.78 is 5.22. The van der Waals surface area contributed by atoms with E-state index in [1.807, 2.05) is 42.5 Å². The molecular formula is C23H29ClN2O2. The summed E-state index contributed by atoms with van der Waals surface area (Å²) in [6.45, 7) is 4.78. The molecular weight excluding hydrogens is 372 g/mol. The third-order valence-corrected chi connectivity index (χ3v) is 5.92. The van der Waals surface area contributed by atoms with E-state index in [1.165, 1.54) is 0 Å². The molecule has 1 saturated heterocycles. The lowest BCUT2D eigenvalue weighted by atomic mass is 9.94. The number of amides is 1. The molecule has 0 spiro atoms. The van der Waals surface area contributed by atoms with Crippen molar-refractivity contribution in [3.05, 3.63) is 64.7 Å². The first-order valence-corrected chi connectivity index (χ1v) is 10.4. The third kappa shape index (κ3) is 5.27. The number of carbonyl (C=O) groups is 1. The Bertz CT molecular complexity index is 770. The van der Waals surface area contributed by atoms with E-state index in [0.29, 0.717) is 0 Å². The third-order valence-electron chi connectivity index (χ3n) is 5.55. The van der Waals surface area contributed by atoms with E-state index >= 15 is 0 Å². The maximum absolute atomic E-state index is 12.8. The maximum atomic E-state index is 12.8. The molecule has 1 fully saturated rings. The topological polar surface area (TPSA) is 41.6 Å². The number of halogens is 1. The summed E-state index contributed by atoms with van der Waals surface area (Å²) in [5, 5.41) is 4.06. The quantitative estimate of drug-likeness (QED) is 0.723. The lowest BCUT2D eigenvalue weighted by molar-refractivity contribution is -0.127. The monoisotopic (exact) mass is 400 g/mol. The molecule has 150 valence electrons. The first-order valence-electron chi connectivity index (χ1n) is 10.0. The Kier molecular flexibility index (Phi) is 7.35. The fourth-order valence-corrected chi connectivity index (χ4v) is 3.96. The number of hydrogen-bond acceptors (Lipinski definition) is 3. The van der Waals surface area contributed by atoms with Crippen molar-refractivity contribution in [2.75, 3.05) is 20.2 Å². The molecule has 5 heteroatoms. The summed E-state index contributed by atoms with van der Waals surface area (Å²) >= 11 is 6.27. The molecule has 0 unspecified atom stereocenters. The van der Waals surface area contributed by atoms with Crippen molar-refractivity contribution in [1.82, 2.24) is 10.2 Å². The molecule has 1 heterocycles. The highest BCUT2D eigenvalue weighted by atomic mass is 35.5. The summed E-state index contributed by atoms with van der Waals surface area (Å²) in [7, 11) is 1.66. The molecule has 0 aliphatic carbocycles. The van der Waals surface area contributed by atoms with Gasteiger partial charge >= 0.3 is 0 Å². The summed E-state index contributed by atoms with van der Waals surface area (Å²) in [5.74, 6) is 1.07. The molecule has 0 aromatic heterocycles. The molecule has 0 bridgehead atoms. The summed E-state index contributed by atoms with van der Waals surface area (Å²) in [6.07, 6.45) is 2.63. The Morgan fingerprint density at radius 2 is 1.86 bits per heavy atom. The first-order chi connectivity index (χ1) is 13.6. The highest BCUT2D eigenvalue weighted by molar-refractivity contribution is 6.31. The summed E-state index contributed by atoms with van der Waals surface area (Å²) in [5.41, 5.74) is 2.27. The Balaban J connectivity index is 1.51. The van der Waals surface area contributed by atoms with E-state index in [4.69, 9.17) is 16.3 Å². The van der Waals surface area contributed by atoms with Crippen molar-refractivity contribution in [1.29, 1.82) is 0 Å². The number of piperidine rings is 1. The van der Waals surface area contributed by atoms with E-state index in [1.54, 1.807) is 7.11 Å². The molecule has 2 aromatic rings. The zero-order chi connectivity index (χ0) is 19.9. The van der Waals surface area contributed by atoms with Gasteiger partial charge in [0.05, 0.1) is 13.2 Å². The SMILES string of the molecule is CC[C@H](NC(=O)C1CCN(Cc2ccccc2Cl)CC1)c1ccc(OC)cc1. The number of nitrogens with zero attached hydrogens (tertiary/aromatic N) is 1. The normalized spacial score (nSPS) is 16.5. The van der Waals surface area contributed by atoms with Crippen LogP contribution in [-0.2, 0) is 11.3 Å². The van der Waals surface area contributed by atoms with Gasteiger partial charge in [-0.05, 0) is 61.7 Å². The Hall–Kier alpha value is -2.04. The number of hydrogen-bond donors (Lipinski definition) is 1. The number of methoxy groups -OCH3 is 1. The van der Waals surface area contributed by atoms with Gasteiger partial charge in [-0.25, -0.2) is 0 Å². The largest absolute Gasteiger partial charge is 0.497 e. The van der Waals surface area contributed by atoms with Crippen molar-refractivity contribution in [3.8, 4) is 5.75 Å². The average Bonchev–Trinajstić information content (AvgIpc) is 2.74. The molecule has 0 saturated carbocycles. The van der Waals surface area contributed by atoms with Crippen LogP contribution in [0.5, 0.6) is 5.75 Å². The zero-order valence-electron chi connectivity index (χ0n) is 16.7. The number of nitrogens with one attached hydrogen (secondary N) is 1. The molecule has 3 rings (SSSR count). The van der Waals surface area contributed by atoms with Crippen LogP contribution in [0.15, 0.2) is 48.5 Å². The second kappa shape index (κ2) is 9.94. The minimum atomic E-state index is 0.0413. The smallest absolute Gasteiger partial charge is 0.223 e. The molecule has 1 aliphatic rings.